The molecule has 3 heteroatoms. The van der Waals surface area contributed by atoms with Gasteiger partial charge in [0.1, 0.15) is 0 Å². The Morgan fingerprint density at radius 2 is 1.31 bits per heavy atom. The monoisotopic (exact) mass is 447 g/mol. The molecule has 0 saturated heterocycles. The highest BCUT2D eigenvalue weighted by molar-refractivity contribution is 5.69. The normalized spacial score (nSPS) is 12.8. The summed E-state index contributed by atoms with van der Waals surface area (Å²) in [6.45, 7) is 6.29. The van der Waals surface area contributed by atoms with Gasteiger partial charge < -0.3 is 10.0 Å². The second-order valence-corrected chi connectivity index (χ2v) is 9.51. The molecule has 0 spiro atoms. The summed E-state index contributed by atoms with van der Waals surface area (Å²) in [7, 11) is 4.45. The minimum Gasteiger partial charge on any atom is -0.481 e. The van der Waals surface area contributed by atoms with E-state index in [0.717, 1.165) is 25.7 Å². The molecule has 0 aliphatic carbocycles. The van der Waals surface area contributed by atoms with Gasteiger partial charge in [0.05, 0.1) is 5.92 Å². The maximum Gasteiger partial charge on any atom is 0.306 e. The molecule has 0 heterocycles. The number of nitrogens with zero attached hydrogens (tertiary/aromatic N) is 1. The summed E-state index contributed by atoms with van der Waals surface area (Å²) in [6, 6.07) is 11.6. The lowest BCUT2D eigenvalue weighted by Crippen LogP contribution is -2.30. The first-order valence-electron chi connectivity index (χ1n) is 13.4. The van der Waals surface area contributed by atoms with E-state index in [9.17, 15) is 4.79 Å². The van der Waals surface area contributed by atoms with Crippen molar-refractivity contribution in [3.63, 3.8) is 0 Å². The Morgan fingerprint density at radius 3 is 1.78 bits per heavy atom. The van der Waals surface area contributed by atoms with Gasteiger partial charge in [-0.15, -0.1) is 0 Å². The number of benzene rings is 1. The third-order valence-corrected chi connectivity index (χ3v) is 6.43. The number of aliphatic carboxylic acids is 1. The highest BCUT2D eigenvalue weighted by Crippen LogP contribution is 2.16. The molecule has 0 aromatic heterocycles. The Bertz CT molecular complexity index is 529. The summed E-state index contributed by atoms with van der Waals surface area (Å²) in [5.74, 6) is -0.754. The number of carboxylic acid groups (broad SMARTS) is 1. The molecule has 0 fully saturated rings. The van der Waals surface area contributed by atoms with Crippen LogP contribution in [0, 0.1) is 5.92 Å². The molecular weight excluding hydrogens is 394 g/mol. The molecule has 3 nitrogen and oxygen atoms in total. The third kappa shape index (κ3) is 17.2. The van der Waals surface area contributed by atoms with Crippen LogP contribution in [0.4, 0.5) is 0 Å². The first-order chi connectivity index (χ1) is 15.5. The first kappa shape index (κ1) is 30.6. The molecule has 32 heavy (non-hydrogen) atoms. The molecule has 0 amide bonds. The smallest absolute Gasteiger partial charge is 0.306 e. The van der Waals surface area contributed by atoms with Crippen LogP contribution < -0.4 is 0 Å². The molecular formula is C29H53NO2. The van der Waals surface area contributed by atoms with Crippen molar-refractivity contribution in [1.82, 2.24) is 4.90 Å². The molecule has 1 aromatic rings. The maximum atomic E-state index is 10.4. The summed E-state index contributed by atoms with van der Waals surface area (Å²) >= 11 is 0. The Kier molecular flexibility index (Phi) is 20.6. The van der Waals surface area contributed by atoms with Crippen LogP contribution in [-0.2, 0) is 11.2 Å². The van der Waals surface area contributed by atoms with Gasteiger partial charge in [-0.3, -0.25) is 4.79 Å². The minimum absolute atomic E-state index is 0.111. The van der Waals surface area contributed by atoms with Crippen molar-refractivity contribution >= 4 is 5.97 Å². The van der Waals surface area contributed by atoms with Gasteiger partial charge in [-0.2, -0.15) is 0 Å². The zero-order chi connectivity index (χ0) is 24.0. The van der Waals surface area contributed by atoms with Crippen LogP contribution in [0.3, 0.4) is 0 Å². The second-order valence-electron chi connectivity index (χ2n) is 9.51. The summed E-state index contributed by atoms with van der Waals surface area (Å²) in [5.41, 5.74) is 1.47. The summed E-state index contributed by atoms with van der Waals surface area (Å²) in [4.78, 5) is 12.8. The van der Waals surface area contributed by atoms with Crippen LogP contribution >= 0.6 is 0 Å². The van der Waals surface area contributed by atoms with E-state index in [0.29, 0.717) is 6.04 Å². The molecule has 0 saturated carbocycles. The number of unbranched alkanes of at least 4 members (excludes halogenated alkanes) is 9. The lowest BCUT2D eigenvalue weighted by Gasteiger charge is -2.24. The molecule has 186 valence electrons. The van der Waals surface area contributed by atoms with Gasteiger partial charge in [-0.25, -0.2) is 0 Å². The number of hydrogen-bond donors (Lipinski definition) is 1. The van der Waals surface area contributed by atoms with Crippen molar-refractivity contribution in [3.05, 3.63) is 35.9 Å². The van der Waals surface area contributed by atoms with Crippen molar-refractivity contribution in [1.29, 1.82) is 0 Å². The number of hydrogen-bond acceptors (Lipinski definition) is 2. The molecule has 1 rings (SSSR count). The fourth-order valence-corrected chi connectivity index (χ4v) is 4.07. The molecule has 0 bridgehead atoms. The fraction of sp³-hybridized carbons (Fsp3) is 0.759. The molecule has 1 N–H and O–H groups in total. The van der Waals surface area contributed by atoms with Gasteiger partial charge >= 0.3 is 5.97 Å². The van der Waals surface area contributed by atoms with E-state index < -0.39 is 5.97 Å². The number of rotatable bonds is 18. The molecule has 2 atom stereocenters. The number of carbonyl (C=O) groups is 1. The molecule has 0 radical (unpaired) electrons. The standard InChI is InChI=1S/C21H37N.C8H16O2/c1-4-5-6-7-8-9-10-11-15-18-21(22(2)3)19-20-16-13-12-14-17-20;1-3-5-6-7(4-2)8(9)10/h12-14,16-17,21H,4-11,15,18-19H2,1-3H3;7H,3-6H2,1-2H3,(H,9,10). The van der Waals surface area contributed by atoms with E-state index in [1.807, 2.05) is 6.92 Å². The average molecular weight is 448 g/mol. The van der Waals surface area contributed by atoms with Crippen LogP contribution in [0.1, 0.15) is 116 Å². The lowest BCUT2D eigenvalue weighted by atomic mass is 9.98. The SMILES string of the molecule is CCCCC(CC)C(=O)O.CCCCCCCCCCCC(Cc1ccccc1)N(C)C. The van der Waals surface area contributed by atoms with Crippen LogP contribution in [0.5, 0.6) is 0 Å². The molecule has 0 aliphatic rings. The Morgan fingerprint density at radius 1 is 0.781 bits per heavy atom. The predicted molar refractivity (Wildman–Crippen MR) is 140 cm³/mol. The van der Waals surface area contributed by atoms with E-state index in [-0.39, 0.29) is 5.92 Å². The Labute approximate surface area is 200 Å². The van der Waals surface area contributed by atoms with Gasteiger partial charge in [-0.1, -0.05) is 122 Å². The van der Waals surface area contributed by atoms with Gasteiger partial charge in [0.15, 0.2) is 0 Å². The fourth-order valence-electron chi connectivity index (χ4n) is 4.07. The van der Waals surface area contributed by atoms with Gasteiger partial charge in [0.2, 0.25) is 0 Å². The topological polar surface area (TPSA) is 40.5 Å². The number of carboxylic acids is 1. The zero-order valence-electron chi connectivity index (χ0n) is 22.0. The summed E-state index contributed by atoms with van der Waals surface area (Å²) in [5, 5.41) is 8.60. The summed E-state index contributed by atoms with van der Waals surface area (Å²) in [6.07, 6.45) is 19.0. The predicted octanol–water partition coefficient (Wildman–Crippen LogP) is 8.37. The van der Waals surface area contributed by atoms with Crippen molar-refractivity contribution in [2.45, 2.75) is 123 Å². The second kappa shape index (κ2) is 21.5. The quantitative estimate of drug-likeness (QED) is 0.230. The summed E-state index contributed by atoms with van der Waals surface area (Å²) < 4.78 is 0. The minimum atomic E-state index is -0.643. The largest absolute Gasteiger partial charge is 0.481 e. The van der Waals surface area contributed by atoms with Crippen LogP contribution in [-0.4, -0.2) is 36.1 Å². The highest BCUT2D eigenvalue weighted by Gasteiger charge is 2.13. The first-order valence-corrected chi connectivity index (χ1v) is 13.4. The lowest BCUT2D eigenvalue weighted by molar-refractivity contribution is -0.142. The molecule has 0 aliphatic heterocycles. The van der Waals surface area contributed by atoms with Gasteiger partial charge in [-0.05, 0) is 45.3 Å². The van der Waals surface area contributed by atoms with E-state index in [1.165, 1.54) is 76.2 Å². The zero-order valence-corrected chi connectivity index (χ0v) is 22.0. The maximum absolute atomic E-state index is 10.4. The number of likely N-dealkylation sites (N-methyl/N-ethyl adjacent to an activating group) is 1. The van der Waals surface area contributed by atoms with Crippen LogP contribution in [0.2, 0.25) is 0 Å². The Balaban J connectivity index is 0.000000809. The molecule has 1 aromatic carbocycles. The van der Waals surface area contributed by atoms with E-state index >= 15 is 0 Å². The van der Waals surface area contributed by atoms with Crippen molar-refractivity contribution < 1.29 is 9.90 Å². The van der Waals surface area contributed by atoms with E-state index in [4.69, 9.17) is 5.11 Å². The van der Waals surface area contributed by atoms with Gasteiger partial charge in [0, 0.05) is 6.04 Å². The van der Waals surface area contributed by atoms with E-state index in [2.05, 4.69) is 63.2 Å². The van der Waals surface area contributed by atoms with Crippen molar-refractivity contribution in [2.75, 3.05) is 14.1 Å². The third-order valence-electron chi connectivity index (χ3n) is 6.43. The van der Waals surface area contributed by atoms with Crippen LogP contribution in [0.25, 0.3) is 0 Å². The van der Waals surface area contributed by atoms with Crippen molar-refractivity contribution in [3.8, 4) is 0 Å². The highest BCUT2D eigenvalue weighted by atomic mass is 16.4. The van der Waals surface area contributed by atoms with Gasteiger partial charge in [0.25, 0.3) is 0 Å². The van der Waals surface area contributed by atoms with Crippen LogP contribution in [0.15, 0.2) is 30.3 Å². The average Bonchev–Trinajstić information content (AvgIpc) is 2.78. The van der Waals surface area contributed by atoms with E-state index in [1.54, 1.807) is 0 Å². The Hall–Kier alpha value is -1.35. The van der Waals surface area contributed by atoms with Crippen molar-refractivity contribution in [2.24, 2.45) is 5.92 Å². The molecule has 2 unspecified atom stereocenters.